The van der Waals surface area contributed by atoms with Crippen LogP contribution >= 0.6 is 11.3 Å². The van der Waals surface area contributed by atoms with Gasteiger partial charge in [0.05, 0.1) is 17.6 Å². The first-order valence-corrected chi connectivity index (χ1v) is 7.44. The van der Waals surface area contributed by atoms with Gasteiger partial charge in [0.2, 0.25) is 5.89 Å². The number of thiophene rings is 1. The zero-order chi connectivity index (χ0) is 14.7. The Hall–Kier alpha value is -2.40. The number of nitrogens with zero attached hydrogens (tertiary/aromatic N) is 1. The number of hydrogen-bond donors (Lipinski definition) is 1. The number of aromatic nitrogens is 1. The van der Waals surface area contributed by atoms with Crippen LogP contribution in [0.3, 0.4) is 0 Å². The molecule has 2 aromatic heterocycles. The third-order valence-corrected chi connectivity index (χ3v) is 4.10. The molecule has 1 aromatic carbocycles. The lowest BCUT2D eigenvalue weighted by Gasteiger charge is -2.01. The molecule has 3 aromatic rings. The van der Waals surface area contributed by atoms with Gasteiger partial charge in [-0.3, -0.25) is 4.79 Å². The number of aryl methyl sites for hydroxylation is 1. The maximum atomic E-state index is 12.0. The first kappa shape index (κ1) is 13.6. The summed E-state index contributed by atoms with van der Waals surface area (Å²) in [6.07, 6.45) is 1.67. The van der Waals surface area contributed by atoms with Crippen molar-refractivity contribution in [2.24, 2.45) is 0 Å². The van der Waals surface area contributed by atoms with Crippen molar-refractivity contribution in [1.82, 2.24) is 10.3 Å². The average molecular weight is 298 g/mol. The average Bonchev–Trinajstić information content (AvgIpc) is 3.15. The first-order valence-electron chi connectivity index (χ1n) is 6.56. The first-order chi connectivity index (χ1) is 10.2. The zero-order valence-electron chi connectivity index (χ0n) is 11.5. The summed E-state index contributed by atoms with van der Waals surface area (Å²) in [6, 6.07) is 11.7. The third-order valence-electron chi connectivity index (χ3n) is 3.08. The fourth-order valence-electron chi connectivity index (χ4n) is 1.97. The van der Waals surface area contributed by atoms with Crippen LogP contribution in [-0.2, 0) is 6.54 Å². The second kappa shape index (κ2) is 5.93. The molecule has 0 aliphatic rings. The minimum atomic E-state index is -0.0954. The summed E-state index contributed by atoms with van der Waals surface area (Å²) in [5.41, 5.74) is 1.95. The number of rotatable bonds is 4. The summed E-state index contributed by atoms with van der Waals surface area (Å²) in [4.78, 5) is 16.9. The number of carbonyl (C=O) groups is 1. The molecule has 106 valence electrons. The molecule has 21 heavy (non-hydrogen) atoms. The van der Waals surface area contributed by atoms with Gasteiger partial charge in [0.25, 0.3) is 5.91 Å². The maximum Gasteiger partial charge on any atom is 0.262 e. The molecule has 0 atom stereocenters. The maximum absolute atomic E-state index is 12.0. The quantitative estimate of drug-likeness (QED) is 0.800. The summed E-state index contributed by atoms with van der Waals surface area (Å²) < 4.78 is 5.65. The van der Waals surface area contributed by atoms with E-state index in [1.165, 1.54) is 11.3 Å². The lowest BCUT2D eigenvalue weighted by atomic mass is 10.2. The van der Waals surface area contributed by atoms with E-state index < -0.39 is 0 Å². The van der Waals surface area contributed by atoms with Gasteiger partial charge in [-0.2, -0.15) is 0 Å². The molecule has 1 amide bonds. The number of hydrogen-bond acceptors (Lipinski definition) is 4. The smallest absolute Gasteiger partial charge is 0.262 e. The summed E-state index contributed by atoms with van der Waals surface area (Å²) in [6.45, 7) is 2.20. The van der Waals surface area contributed by atoms with Crippen molar-refractivity contribution in [2.45, 2.75) is 13.5 Å². The predicted molar refractivity (Wildman–Crippen MR) is 82.2 cm³/mol. The molecule has 0 aliphatic carbocycles. The molecular formula is C16H14N2O2S. The lowest BCUT2D eigenvalue weighted by molar-refractivity contribution is 0.0951. The van der Waals surface area contributed by atoms with Crippen molar-refractivity contribution in [2.75, 3.05) is 0 Å². The van der Waals surface area contributed by atoms with Crippen molar-refractivity contribution >= 4 is 17.2 Å². The number of benzene rings is 1. The summed E-state index contributed by atoms with van der Waals surface area (Å²) in [5, 5.41) is 4.73. The summed E-state index contributed by atoms with van der Waals surface area (Å²) in [7, 11) is 0. The zero-order valence-corrected chi connectivity index (χ0v) is 12.3. The van der Waals surface area contributed by atoms with Crippen LogP contribution in [0.2, 0.25) is 0 Å². The third kappa shape index (κ3) is 3.03. The minimum absolute atomic E-state index is 0.0954. The van der Waals surface area contributed by atoms with Gasteiger partial charge in [-0.25, -0.2) is 4.98 Å². The van der Waals surface area contributed by atoms with Crippen LogP contribution in [0.4, 0.5) is 0 Å². The molecule has 5 heteroatoms. The van der Waals surface area contributed by atoms with Crippen LogP contribution in [0.1, 0.15) is 21.1 Å². The second-order valence-electron chi connectivity index (χ2n) is 4.60. The molecule has 2 heterocycles. The molecule has 0 radical (unpaired) electrons. The number of oxazole rings is 1. The van der Waals surface area contributed by atoms with Gasteiger partial charge in [0, 0.05) is 5.56 Å². The SMILES string of the molecule is Cc1ccsc1C(=O)NCc1ncc(-c2ccccc2)o1. The van der Waals surface area contributed by atoms with E-state index in [4.69, 9.17) is 4.42 Å². The Bertz CT molecular complexity index is 746. The highest BCUT2D eigenvalue weighted by molar-refractivity contribution is 7.12. The van der Waals surface area contributed by atoms with Crippen molar-refractivity contribution in [3.63, 3.8) is 0 Å². The lowest BCUT2D eigenvalue weighted by Crippen LogP contribution is -2.22. The number of nitrogens with one attached hydrogen (secondary N) is 1. The van der Waals surface area contributed by atoms with E-state index in [0.717, 1.165) is 16.0 Å². The van der Waals surface area contributed by atoms with E-state index in [2.05, 4.69) is 10.3 Å². The fourth-order valence-corrected chi connectivity index (χ4v) is 2.81. The summed E-state index contributed by atoms with van der Waals surface area (Å²) in [5.74, 6) is 1.10. The van der Waals surface area contributed by atoms with Crippen LogP contribution in [0, 0.1) is 6.92 Å². The van der Waals surface area contributed by atoms with Gasteiger partial charge in [-0.1, -0.05) is 30.3 Å². The molecule has 0 saturated carbocycles. The van der Waals surface area contributed by atoms with Crippen LogP contribution in [0.25, 0.3) is 11.3 Å². The molecule has 0 saturated heterocycles. The fraction of sp³-hybridized carbons (Fsp3) is 0.125. The van der Waals surface area contributed by atoms with E-state index in [9.17, 15) is 4.79 Å². The number of amides is 1. The van der Waals surface area contributed by atoms with E-state index in [1.54, 1.807) is 6.20 Å². The normalized spacial score (nSPS) is 10.5. The predicted octanol–water partition coefficient (Wildman–Crippen LogP) is 3.64. The van der Waals surface area contributed by atoms with Crippen molar-refractivity contribution < 1.29 is 9.21 Å². The topological polar surface area (TPSA) is 55.1 Å². The molecule has 3 rings (SSSR count). The van der Waals surface area contributed by atoms with Gasteiger partial charge in [0.1, 0.15) is 0 Å². The van der Waals surface area contributed by atoms with Crippen molar-refractivity contribution in [3.8, 4) is 11.3 Å². The summed E-state index contributed by atoms with van der Waals surface area (Å²) >= 11 is 1.43. The standard InChI is InChI=1S/C16H14N2O2S/c1-11-7-8-21-15(11)16(19)18-10-14-17-9-13(20-14)12-5-3-2-4-6-12/h2-9H,10H2,1H3,(H,18,19). The molecule has 4 nitrogen and oxygen atoms in total. The minimum Gasteiger partial charge on any atom is -0.439 e. The van der Waals surface area contributed by atoms with Crippen LogP contribution in [0.15, 0.2) is 52.4 Å². The molecule has 1 N–H and O–H groups in total. The Balaban J connectivity index is 1.66. The Morgan fingerprint density at radius 1 is 1.29 bits per heavy atom. The van der Waals surface area contributed by atoms with Crippen LogP contribution in [0.5, 0.6) is 0 Å². The Kier molecular flexibility index (Phi) is 3.83. The van der Waals surface area contributed by atoms with Crippen LogP contribution in [-0.4, -0.2) is 10.9 Å². The van der Waals surface area contributed by atoms with Gasteiger partial charge in [0.15, 0.2) is 5.76 Å². The highest BCUT2D eigenvalue weighted by atomic mass is 32.1. The van der Waals surface area contributed by atoms with E-state index in [0.29, 0.717) is 11.7 Å². The van der Waals surface area contributed by atoms with E-state index >= 15 is 0 Å². The van der Waals surface area contributed by atoms with Crippen LogP contribution < -0.4 is 5.32 Å². The van der Waals surface area contributed by atoms with Gasteiger partial charge >= 0.3 is 0 Å². The second-order valence-corrected chi connectivity index (χ2v) is 5.52. The monoisotopic (exact) mass is 298 g/mol. The molecule has 0 spiro atoms. The van der Waals surface area contributed by atoms with Gasteiger partial charge in [-0.15, -0.1) is 11.3 Å². The molecule has 0 fully saturated rings. The van der Waals surface area contributed by atoms with Gasteiger partial charge in [-0.05, 0) is 23.9 Å². The van der Waals surface area contributed by atoms with E-state index in [1.807, 2.05) is 48.7 Å². The molecule has 0 aliphatic heterocycles. The molecule has 0 unspecified atom stereocenters. The van der Waals surface area contributed by atoms with Crippen molar-refractivity contribution in [3.05, 3.63) is 64.3 Å². The Morgan fingerprint density at radius 3 is 2.81 bits per heavy atom. The number of carbonyl (C=O) groups excluding carboxylic acids is 1. The van der Waals surface area contributed by atoms with Gasteiger partial charge < -0.3 is 9.73 Å². The van der Waals surface area contributed by atoms with E-state index in [-0.39, 0.29) is 12.5 Å². The Morgan fingerprint density at radius 2 is 2.10 bits per heavy atom. The van der Waals surface area contributed by atoms with Crippen molar-refractivity contribution in [1.29, 1.82) is 0 Å². The largest absolute Gasteiger partial charge is 0.439 e. The highest BCUT2D eigenvalue weighted by Crippen LogP contribution is 2.20. The Labute approximate surface area is 126 Å². The highest BCUT2D eigenvalue weighted by Gasteiger charge is 2.12. The molecular weight excluding hydrogens is 284 g/mol. The molecule has 0 bridgehead atoms.